The predicted octanol–water partition coefficient (Wildman–Crippen LogP) is 3.67. The molecule has 0 radical (unpaired) electrons. The van der Waals surface area contributed by atoms with Gasteiger partial charge in [0.2, 0.25) is 11.8 Å². The minimum absolute atomic E-state index is 0.113. The number of amides is 3. The standard InChI is InChI=1S/C25H27FN4O3S/c1-17(2)30(24(33)19-8-10-20(26)11-9-19)15-23(32)29-25-28-21(16-34-25)14-22(31)27-13-12-18-6-4-3-5-7-18/h3-11,16-17H,12-15H2,1-2H3,(H,27,31)(H,28,29,32). The van der Waals surface area contributed by atoms with Crippen molar-refractivity contribution in [2.75, 3.05) is 18.4 Å². The highest BCUT2D eigenvalue weighted by Crippen LogP contribution is 2.16. The van der Waals surface area contributed by atoms with E-state index in [0.717, 1.165) is 12.0 Å². The molecule has 0 atom stereocenters. The van der Waals surface area contributed by atoms with Gasteiger partial charge in [0.05, 0.1) is 12.1 Å². The summed E-state index contributed by atoms with van der Waals surface area (Å²) < 4.78 is 13.2. The summed E-state index contributed by atoms with van der Waals surface area (Å²) in [6.07, 6.45) is 0.857. The number of thiazole rings is 1. The topological polar surface area (TPSA) is 91.4 Å². The molecule has 0 aliphatic carbocycles. The molecular weight excluding hydrogens is 455 g/mol. The normalized spacial score (nSPS) is 10.7. The average molecular weight is 483 g/mol. The molecule has 0 fully saturated rings. The molecule has 3 aromatic rings. The fourth-order valence-corrected chi connectivity index (χ4v) is 3.95. The fourth-order valence-electron chi connectivity index (χ4n) is 3.22. The highest BCUT2D eigenvalue weighted by Gasteiger charge is 2.22. The molecule has 1 aromatic heterocycles. The van der Waals surface area contributed by atoms with E-state index in [1.54, 1.807) is 19.2 Å². The van der Waals surface area contributed by atoms with Gasteiger partial charge in [-0.05, 0) is 50.1 Å². The zero-order chi connectivity index (χ0) is 24.5. The molecule has 0 spiro atoms. The van der Waals surface area contributed by atoms with E-state index < -0.39 is 11.7 Å². The number of carbonyl (C=O) groups is 3. The summed E-state index contributed by atoms with van der Waals surface area (Å²) in [5, 5.41) is 7.63. The zero-order valence-corrected chi connectivity index (χ0v) is 19.9. The number of benzene rings is 2. The second kappa shape index (κ2) is 12.0. The minimum Gasteiger partial charge on any atom is -0.355 e. The monoisotopic (exact) mass is 482 g/mol. The molecule has 2 aromatic carbocycles. The second-order valence-electron chi connectivity index (χ2n) is 7.99. The van der Waals surface area contributed by atoms with Gasteiger partial charge in [-0.1, -0.05) is 30.3 Å². The number of hydrogen-bond acceptors (Lipinski definition) is 5. The Balaban J connectivity index is 1.49. The number of nitrogens with one attached hydrogen (secondary N) is 2. The van der Waals surface area contributed by atoms with Crippen LogP contribution in [0.4, 0.5) is 9.52 Å². The van der Waals surface area contributed by atoms with E-state index in [-0.39, 0.29) is 30.8 Å². The second-order valence-corrected chi connectivity index (χ2v) is 8.85. The van der Waals surface area contributed by atoms with Crippen molar-refractivity contribution in [2.24, 2.45) is 0 Å². The molecule has 1 heterocycles. The summed E-state index contributed by atoms with van der Waals surface area (Å²) >= 11 is 1.21. The van der Waals surface area contributed by atoms with Crippen LogP contribution < -0.4 is 10.6 Å². The number of carbonyl (C=O) groups excluding carboxylic acids is 3. The lowest BCUT2D eigenvalue weighted by molar-refractivity contribution is -0.120. The molecule has 2 N–H and O–H groups in total. The third kappa shape index (κ3) is 7.48. The summed E-state index contributed by atoms with van der Waals surface area (Å²) in [5.41, 5.74) is 2.01. The van der Waals surface area contributed by atoms with Crippen LogP contribution in [0.3, 0.4) is 0 Å². The third-order valence-corrected chi connectivity index (χ3v) is 5.81. The van der Waals surface area contributed by atoms with E-state index in [1.165, 1.54) is 40.5 Å². The van der Waals surface area contributed by atoms with E-state index in [9.17, 15) is 18.8 Å². The van der Waals surface area contributed by atoms with Gasteiger partial charge in [-0.2, -0.15) is 0 Å². The first-order valence-electron chi connectivity index (χ1n) is 10.9. The first-order valence-corrected chi connectivity index (χ1v) is 11.8. The van der Waals surface area contributed by atoms with Gasteiger partial charge in [0.1, 0.15) is 12.4 Å². The van der Waals surface area contributed by atoms with Crippen molar-refractivity contribution in [3.63, 3.8) is 0 Å². The number of anilines is 1. The molecule has 0 saturated carbocycles. The molecule has 3 amide bonds. The van der Waals surface area contributed by atoms with Gasteiger partial charge in [0.25, 0.3) is 5.91 Å². The Morgan fingerprint density at radius 1 is 1.03 bits per heavy atom. The van der Waals surface area contributed by atoms with Crippen LogP contribution in [0.25, 0.3) is 0 Å². The Bertz CT molecular complexity index is 1120. The van der Waals surface area contributed by atoms with Crippen LogP contribution in [-0.2, 0) is 22.4 Å². The number of halogens is 1. The van der Waals surface area contributed by atoms with E-state index in [4.69, 9.17) is 0 Å². The van der Waals surface area contributed by atoms with E-state index >= 15 is 0 Å². The Morgan fingerprint density at radius 2 is 1.74 bits per heavy atom. The van der Waals surface area contributed by atoms with Gasteiger partial charge < -0.3 is 15.5 Å². The summed E-state index contributed by atoms with van der Waals surface area (Å²) in [6.45, 7) is 3.95. The van der Waals surface area contributed by atoms with Crippen molar-refractivity contribution in [1.29, 1.82) is 0 Å². The van der Waals surface area contributed by atoms with Gasteiger partial charge in [-0.15, -0.1) is 11.3 Å². The quantitative estimate of drug-likeness (QED) is 0.461. The SMILES string of the molecule is CC(C)N(CC(=O)Nc1nc(CC(=O)NCCc2ccccc2)cs1)C(=O)c1ccc(F)cc1. The summed E-state index contributed by atoms with van der Waals surface area (Å²) in [7, 11) is 0. The van der Waals surface area contributed by atoms with E-state index in [2.05, 4.69) is 15.6 Å². The number of aromatic nitrogens is 1. The molecular formula is C25H27FN4O3S. The van der Waals surface area contributed by atoms with Crippen molar-refractivity contribution in [3.05, 3.63) is 82.6 Å². The Kier molecular flexibility index (Phi) is 8.86. The third-order valence-electron chi connectivity index (χ3n) is 5.01. The predicted molar refractivity (Wildman–Crippen MR) is 130 cm³/mol. The molecule has 9 heteroatoms. The Morgan fingerprint density at radius 3 is 2.41 bits per heavy atom. The lowest BCUT2D eigenvalue weighted by Gasteiger charge is -2.26. The highest BCUT2D eigenvalue weighted by molar-refractivity contribution is 7.13. The molecule has 7 nitrogen and oxygen atoms in total. The van der Waals surface area contributed by atoms with Crippen LogP contribution in [0.5, 0.6) is 0 Å². The maximum Gasteiger partial charge on any atom is 0.254 e. The molecule has 3 rings (SSSR count). The Hall–Kier alpha value is -3.59. The van der Waals surface area contributed by atoms with Crippen LogP contribution in [0.15, 0.2) is 60.0 Å². The van der Waals surface area contributed by atoms with E-state index in [0.29, 0.717) is 22.9 Å². The largest absolute Gasteiger partial charge is 0.355 e. The van der Waals surface area contributed by atoms with Gasteiger partial charge in [-0.3, -0.25) is 14.4 Å². The molecule has 0 aliphatic heterocycles. The number of rotatable bonds is 10. The lowest BCUT2D eigenvalue weighted by Crippen LogP contribution is -2.42. The first-order chi connectivity index (χ1) is 16.3. The maximum atomic E-state index is 13.2. The van der Waals surface area contributed by atoms with Gasteiger partial charge >= 0.3 is 0 Å². The summed E-state index contributed by atoms with van der Waals surface area (Å²) in [6, 6.07) is 14.8. The van der Waals surface area contributed by atoms with E-state index in [1.807, 2.05) is 30.3 Å². The molecule has 0 unspecified atom stereocenters. The number of hydrogen-bond donors (Lipinski definition) is 2. The first kappa shape index (κ1) is 25.0. The fraction of sp³-hybridized carbons (Fsp3) is 0.280. The smallest absolute Gasteiger partial charge is 0.254 e. The Labute approximate surface area is 202 Å². The summed E-state index contributed by atoms with van der Waals surface area (Å²) in [4.78, 5) is 43.2. The van der Waals surface area contributed by atoms with Crippen molar-refractivity contribution in [1.82, 2.24) is 15.2 Å². The molecule has 0 bridgehead atoms. The van der Waals surface area contributed by atoms with Crippen molar-refractivity contribution >= 4 is 34.2 Å². The van der Waals surface area contributed by atoms with Crippen LogP contribution in [0.2, 0.25) is 0 Å². The van der Waals surface area contributed by atoms with Gasteiger partial charge in [0, 0.05) is 23.5 Å². The molecule has 34 heavy (non-hydrogen) atoms. The van der Waals surface area contributed by atoms with Crippen LogP contribution in [0, 0.1) is 5.82 Å². The zero-order valence-electron chi connectivity index (χ0n) is 19.1. The molecule has 0 saturated heterocycles. The van der Waals surface area contributed by atoms with Crippen LogP contribution in [0.1, 0.15) is 35.5 Å². The van der Waals surface area contributed by atoms with Crippen LogP contribution in [-0.4, -0.2) is 46.7 Å². The highest BCUT2D eigenvalue weighted by atomic mass is 32.1. The van der Waals surface area contributed by atoms with Crippen molar-refractivity contribution in [3.8, 4) is 0 Å². The van der Waals surface area contributed by atoms with Gasteiger partial charge in [-0.25, -0.2) is 9.37 Å². The maximum absolute atomic E-state index is 13.2. The van der Waals surface area contributed by atoms with Crippen molar-refractivity contribution in [2.45, 2.75) is 32.7 Å². The lowest BCUT2D eigenvalue weighted by atomic mass is 10.1. The van der Waals surface area contributed by atoms with Crippen molar-refractivity contribution < 1.29 is 18.8 Å². The summed E-state index contributed by atoms with van der Waals surface area (Å²) in [5.74, 6) is -1.35. The van der Waals surface area contributed by atoms with Gasteiger partial charge in [0.15, 0.2) is 5.13 Å². The molecule has 178 valence electrons. The minimum atomic E-state index is -0.435. The number of nitrogens with zero attached hydrogens (tertiary/aromatic N) is 2. The molecule has 0 aliphatic rings. The van der Waals surface area contributed by atoms with Crippen LogP contribution >= 0.6 is 11.3 Å². The average Bonchev–Trinajstić information content (AvgIpc) is 3.24.